The highest BCUT2D eigenvalue weighted by Gasteiger charge is 1.97. The maximum atomic E-state index is 10.2. The Bertz CT molecular complexity index is 209. The molecule has 0 radical (unpaired) electrons. The highest BCUT2D eigenvalue weighted by atomic mass is 16.4. The topological polar surface area (TPSA) is 50.2 Å². The minimum atomic E-state index is -0.919. The van der Waals surface area contributed by atoms with Crippen LogP contribution in [-0.4, -0.2) is 16.1 Å². The van der Waals surface area contributed by atoms with E-state index in [0.29, 0.717) is 0 Å². The molecule has 0 fully saturated rings. The van der Waals surface area contributed by atoms with Crippen molar-refractivity contribution in [1.82, 2.24) is 4.98 Å². The summed E-state index contributed by atoms with van der Waals surface area (Å²) in [6, 6.07) is 2.89. The number of carbonyl (C=O) groups is 1. The molecule has 1 N–H and O–H groups in total. The SMILES string of the molecule is CC.O=C(O)c1ccncc1. The summed E-state index contributed by atoms with van der Waals surface area (Å²) in [6.07, 6.45) is 2.90. The lowest BCUT2D eigenvalue weighted by Crippen LogP contribution is -1.94. The molecule has 0 amide bonds. The molecule has 0 aromatic carbocycles. The first kappa shape index (κ1) is 9.62. The molecule has 1 rings (SSSR count). The van der Waals surface area contributed by atoms with E-state index in [1.165, 1.54) is 24.5 Å². The fourth-order valence-electron chi connectivity index (χ4n) is 0.494. The minimum absolute atomic E-state index is 0.269. The number of aromatic carboxylic acids is 1. The van der Waals surface area contributed by atoms with Gasteiger partial charge in [-0.05, 0) is 12.1 Å². The molecule has 0 spiro atoms. The monoisotopic (exact) mass is 153 g/mol. The van der Waals surface area contributed by atoms with Gasteiger partial charge >= 0.3 is 5.97 Å². The third-order valence-electron chi connectivity index (χ3n) is 0.927. The number of rotatable bonds is 1. The second kappa shape index (κ2) is 5.41. The summed E-state index contributed by atoms with van der Waals surface area (Å²) in [6.45, 7) is 4.00. The van der Waals surface area contributed by atoms with Gasteiger partial charge in [0.15, 0.2) is 0 Å². The fourth-order valence-corrected chi connectivity index (χ4v) is 0.494. The molecule has 0 aliphatic carbocycles. The zero-order valence-corrected chi connectivity index (χ0v) is 6.61. The van der Waals surface area contributed by atoms with Crippen LogP contribution in [0.3, 0.4) is 0 Å². The summed E-state index contributed by atoms with van der Waals surface area (Å²) in [5.74, 6) is -0.919. The Morgan fingerprint density at radius 1 is 1.36 bits per heavy atom. The first-order valence-electron chi connectivity index (χ1n) is 3.44. The van der Waals surface area contributed by atoms with E-state index in [1.54, 1.807) is 0 Å². The maximum absolute atomic E-state index is 10.2. The van der Waals surface area contributed by atoms with E-state index in [1.807, 2.05) is 13.8 Å². The maximum Gasteiger partial charge on any atom is 0.335 e. The van der Waals surface area contributed by atoms with Crippen molar-refractivity contribution in [2.45, 2.75) is 13.8 Å². The number of carboxylic acids is 1. The fraction of sp³-hybridized carbons (Fsp3) is 0.250. The van der Waals surface area contributed by atoms with Gasteiger partial charge in [-0.3, -0.25) is 4.98 Å². The molecule has 0 atom stereocenters. The molecule has 1 heterocycles. The average Bonchev–Trinajstić information content (AvgIpc) is 2.10. The molecule has 60 valence electrons. The molecule has 3 nitrogen and oxygen atoms in total. The summed E-state index contributed by atoms with van der Waals surface area (Å²) >= 11 is 0. The van der Waals surface area contributed by atoms with Crippen molar-refractivity contribution in [2.75, 3.05) is 0 Å². The van der Waals surface area contributed by atoms with E-state index in [-0.39, 0.29) is 5.56 Å². The van der Waals surface area contributed by atoms with Crippen LogP contribution in [0.5, 0.6) is 0 Å². The van der Waals surface area contributed by atoms with Crippen molar-refractivity contribution in [3.63, 3.8) is 0 Å². The van der Waals surface area contributed by atoms with Crippen LogP contribution in [0.4, 0.5) is 0 Å². The molecule has 3 heteroatoms. The standard InChI is InChI=1S/C6H5NO2.C2H6/c8-6(9)5-1-3-7-4-2-5;1-2/h1-4H,(H,8,9);1-2H3. The van der Waals surface area contributed by atoms with Gasteiger partial charge in [0.25, 0.3) is 0 Å². The average molecular weight is 153 g/mol. The van der Waals surface area contributed by atoms with Gasteiger partial charge in [-0.25, -0.2) is 4.79 Å². The Morgan fingerprint density at radius 3 is 2.09 bits per heavy atom. The highest BCUT2D eigenvalue weighted by molar-refractivity contribution is 5.87. The summed E-state index contributed by atoms with van der Waals surface area (Å²) in [5.41, 5.74) is 0.269. The Labute approximate surface area is 65.7 Å². The van der Waals surface area contributed by atoms with Gasteiger partial charge in [-0.1, -0.05) is 13.8 Å². The van der Waals surface area contributed by atoms with Gasteiger partial charge in [-0.2, -0.15) is 0 Å². The Hall–Kier alpha value is -1.38. The first-order valence-corrected chi connectivity index (χ1v) is 3.44. The lowest BCUT2D eigenvalue weighted by atomic mass is 10.3. The molecule has 0 aliphatic rings. The van der Waals surface area contributed by atoms with Gasteiger partial charge in [0.1, 0.15) is 0 Å². The summed E-state index contributed by atoms with van der Waals surface area (Å²) in [5, 5.41) is 8.36. The second-order valence-electron chi connectivity index (χ2n) is 1.54. The van der Waals surface area contributed by atoms with Gasteiger partial charge < -0.3 is 5.11 Å². The number of aromatic nitrogens is 1. The van der Waals surface area contributed by atoms with Crippen LogP contribution in [-0.2, 0) is 0 Å². The van der Waals surface area contributed by atoms with E-state index in [4.69, 9.17) is 5.11 Å². The number of hydrogen-bond acceptors (Lipinski definition) is 2. The van der Waals surface area contributed by atoms with Gasteiger partial charge in [0.2, 0.25) is 0 Å². The smallest absolute Gasteiger partial charge is 0.335 e. The number of nitrogens with zero attached hydrogens (tertiary/aromatic N) is 1. The molecule has 0 unspecified atom stereocenters. The van der Waals surface area contributed by atoms with Gasteiger partial charge in [0.05, 0.1) is 5.56 Å². The van der Waals surface area contributed by atoms with Crippen molar-refractivity contribution >= 4 is 5.97 Å². The molecule has 1 aromatic heterocycles. The quantitative estimate of drug-likeness (QED) is 0.669. The zero-order chi connectivity index (χ0) is 8.69. The second-order valence-corrected chi connectivity index (χ2v) is 1.54. The Morgan fingerprint density at radius 2 is 1.82 bits per heavy atom. The van der Waals surface area contributed by atoms with E-state index >= 15 is 0 Å². The van der Waals surface area contributed by atoms with E-state index < -0.39 is 5.97 Å². The Kier molecular flexibility index (Phi) is 4.73. The lowest BCUT2D eigenvalue weighted by molar-refractivity contribution is 0.0697. The van der Waals surface area contributed by atoms with Crippen LogP contribution in [0.15, 0.2) is 24.5 Å². The van der Waals surface area contributed by atoms with Crippen LogP contribution in [0.2, 0.25) is 0 Å². The van der Waals surface area contributed by atoms with Crippen molar-refractivity contribution in [2.24, 2.45) is 0 Å². The highest BCUT2D eigenvalue weighted by Crippen LogP contribution is 1.93. The molecular formula is C8H11NO2. The van der Waals surface area contributed by atoms with Crippen LogP contribution in [0.25, 0.3) is 0 Å². The molecular weight excluding hydrogens is 142 g/mol. The number of hydrogen-bond donors (Lipinski definition) is 1. The molecule has 1 aromatic rings. The van der Waals surface area contributed by atoms with E-state index in [9.17, 15) is 4.79 Å². The lowest BCUT2D eigenvalue weighted by Gasteiger charge is -1.87. The first-order chi connectivity index (χ1) is 5.30. The predicted octanol–water partition coefficient (Wildman–Crippen LogP) is 1.81. The predicted molar refractivity (Wildman–Crippen MR) is 42.5 cm³/mol. The van der Waals surface area contributed by atoms with Crippen molar-refractivity contribution in [3.05, 3.63) is 30.1 Å². The van der Waals surface area contributed by atoms with Gasteiger partial charge in [0, 0.05) is 12.4 Å². The molecule has 11 heavy (non-hydrogen) atoms. The molecule has 0 saturated heterocycles. The van der Waals surface area contributed by atoms with Crippen molar-refractivity contribution in [1.29, 1.82) is 0 Å². The molecule has 0 aliphatic heterocycles. The van der Waals surface area contributed by atoms with E-state index in [0.717, 1.165) is 0 Å². The summed E-state index contributed by atoms with van der Waals surface area (Å²) < 4.78 is 0. The summed E-state index contributed by atoms with van der Waals surface area (Å²) in [7, 11) is 0. The van der Waals surface area contributed by atoms with Crippen LogP contribution < -0.4 is 0 Å². The van der Waals surface area contributed by atoms with Crippen LogP contribution in [0.1, 0.15) is 24.2 Å². The normalized spacial score (nSPS) is 7.82. The number of pyridine rings is 1. The van der Waals surface area contributed by atoms with Crippen molar-refractivity contribution < 1.29 is 9.90 Å². The minimum Gasteiger partial charge on any atom is -0.478 e. The molecule has 0 bridgehead atoms. The van der Waals surface area contributed by atoms with Crippen LogP contribution >= 0.6 is 0 Å². The zero-order valence-electron chi connectivity index (χ0n) is 6.61. The molecule has 0 saturated carbocycles. The number of carboxylic acid groups (broad SMARTS) is 1. The van der Waals surface area contributed by atoms with Gasteiger partial charge in [-0.15, -0.1) is 0 Å². The van der Waals surface area contributed by atoms with Crippen molar-refractivity contribution in [3.8, 4) is 0 Å². The third kappa shape index (κ3) is 3.35. The largest absolute Gasteiger partial charge is 0.478 e. The Balaban J connectivity index is 0.000000461. The van der Waals surface area contributed by atoms with Crippen LogP contribution in [0, 0.1) is 0 Å². The third-order valence-corrected chi connectivity index (χ3v) is 0.927. The van der Waals surface area contributed by atoms with E-state index in [2.05, 4.69) is 4.98 Å². The summed E-state index contributed by atoms with van der Waals surface area (Å²) in [4.78, 5) is 13.8.